The molecule has 2 aliphatic rings. The van der Waals surface area contributed by atoms with Crippen molar-refractivity contribution in [1.82, 2.24) is 19.1 Å². The fraction of sp³-hybridized carbons (Fsp3) is 0.429. The van der Waals surface area contributed by atoms with Gasteiger partial charge in [-0.25, -0.2) is 8.42 Å². The number of benzene rings is 1. The number of amides is 1. The summed E-state index contributed by atoms with van der Waals surface area (Å²) >= 11 is 0. The van der Waals surface area contributed by atoms with Gasteiger partial charge >= 0.3 is 0 Å². The molecule has 154 valence electrons. The van der Waals surface area contributed by atoms with Crippen LogP contribution in [0.15, 0.2) is 48.8 Å². The third-order valence-electron chi connectivity index (χ3n) is 5.76. The summed E-state index contributed by atoms with van der Waals surface area (Å²) in [7, 11) is -3.48. The van der Waals surface area contributed by atoms with E-state index in [1.165, 1.54) is 16.1 Å². The Morgan fingerprint density at radius 1 is 1.03 bits per heavy atom. The highest BCUT2D eigenvalue weighted by molar-refractivity contribution is 7.88. The fourth-order valence-corrected chi connectivity index (χ4v) is 5.14. The van der Waals surface area contributed by atoms with E-state index in [0.717, 1.165) is 30.8 Å². The lowest BCUT2D eigenvalue weighted by atomic mass is 9.95. The Labute approximate surface area is 172 Å². The molecule has 3 heterocycles. The molecule has 0 saturated carbocycles. The van der Waals surface area contributed by atoms with Crippen molar-refractivity contribution in [3.63, 3.8) is 0 Å². The molecule has 8 heteroatoms. The zero-order valence-corrected chi connectivity index (χ0v) is 17.4. The average molecular weight is 415 g/mol. The number of sulfonamides is 1. The van der Waals surface area contributed by atoms with E-state index in [1.54, 1.807) is 12.4 Å². The third kappa shape index (κ3) is 4.49. The largest absolute Gasteiger partial charge is 0.339 e. The number of hydrogen-bond donors (Lipinski definition) is 0. The van der Waals surface area contributed by atoms with Crippen molar-refractivity contribution < 1.29 is 13.2 Å². The first-order chi connectivity index (χ1) is 13.9. The summed E-state index contributed by atoms with van der Waals surface area (Å²) in [5, 5.41) is 0. The Hall–Kier alpha value is -2.29. The highest BCUT2D eigenvalue weighted by Crippen LogP contribution is 2.27. The van der Waals surface area contributed by atoms with Gasteiger partial charge in [-0.1, -0.05) is 24.3 Å². The van der Waals surface area contributed by atoms with Crippen LogP contribution in [0.25, 0.3) is 0 Å². The van der Waals surface area contributed by atoms with E-state index in [9.17, 15) is 13.2 Å². The number of nitrogens with zero attached hydrogens (tertiary/aromatic N) is 4. The molecule has 4 rings (SSSR count). The molecule has 1 aromatic heterocycles. The predicted octanol–water partition coefficient (Wildman–Crippen LogP) is 1.11. The summed E-state index contributed by atoms with van der Waals surface area (Å²) in [6.07, 6.45) is 5.19. The van der Waals surface area contributed by atoms with Crippen LogP contribution in [-0.4, -0.2) is 71.9 Å². The van der Waals surface area contributed by atoms with Gasteiger partial charge in [0.15, 0.2) is 0 Å². The van der Waals surface area contributed by atoms with Gasteiger partial charge in [-0.15, -0.1) is 0 Å². The second-order valence-corrected chi connectivity index (χ2v) is 9.69. The maximum absolute atomic E-state index is 13.3. The number of carbonyl (C=O) groups excluding carboxylic acids is 1. The number of aromatic nitrogens is 1. The SMILES string of the molecule is CS(=O)(=O)N1Cc2ccccc2CC1C(=O)N1CCN(Cc2ccncc2)CC1. The van der Waals surface area contributed by atoms with Crippen LogP contribution in [0.4, 0.5) is 0 Å². The van der Waals surface area contributed by atoms with Gasteiger partial charge in [-0.3, -0.25) is 14.7 Å². The van der Waals surface area contributed by atoms with E-state index in [4.69, 9.17) is 0 Å². The van der Waals surface area contributed by atoms with Crippen molar-refractivity contribution in [2.75, 3.05) is 32.4 Å². The molecule has 1 unspecified atom stereocenters. The van der Waals surface area contributed by atoms with Crippen LogP contribution < -0.4 is 0 Å². The highest BCUT2D eigenvalue weighted by atomic mass is 32.2. The summed E-state index contributed by atoms with van der Waals surface area (Å²) in [6.45, 7) is 3.86. The molecule has 2 aromatic rings. The second kappa shape index (κ2) is 8.22. The number of carbonyl (C=O) groups is 1. The molecule has 1 amide bonds. The fourth-order valence-electron chi connectivity index (χ4n) is 4.14. The molecule has 0 radical (unpaired) electrons. The molecule has 0 spiro atoms. The third-order valence-corrected chi connectivity index (χ3v) is 6.99. The van der Waals surface area contributed by atoms with Crippen LogP contribution >= 0.6 is 0 Å². The topological polar surface area (TPSA) is 73.8 Å². The van der Waals surface area contributed by atoms with Gasteiger partial charge in [0.2, 0.25) is 15.9 Å². The Morgan fingerprint density at radius 3 is 2.34 bits per heavy atom. The first kappa shape index (κ1) is 20.0. The molecular weight excluding hydrogens is 388 g/mol. The molecule has 0 aliphatic carbocycles. The minimum absolute atomic E-state index is 0.0894. The average Bonchev–Trinajstić information content (AvgIpc) is 2.73. The summed E-state index contributed by atoms with van der Waals surface area (Å²) in [6, 6.07) is 11.1. The summed E-state index contributed by atoms with van der Waals surface area (Å²) in [5.41, 5.74) is 3.23. The van der Waals surface area contributed by atoms with Gasteiger partial charge in [0.25, 0.3) is 0 Å². The second-order valence-electron chi connectivity index (χ2n) is 7.75. The van der Waals surface area contributed by atoms with Gasteiger partial charge in [0.1, 0.15) is 6.04 Å². The maximum Gasteiger partial charge on any atom is 0.241 e. The Morgan fingerprint density at radius 2 is 1.69 bits per heavy atom. The smallest absolute Gasteiger partial charge is 0.241 e. The van der Waals surface area contributed by atoms with Crippen LogP contribution in [0.5, 0.6) is 0 Å². The van der Waals surface area contributed by atoms with E-state index >= 15 is 0 Å². The minimum atomic E-state index is -3.48. The quantitative estimate of drug-likeness (QED) is 0.749. The van der Waals surface area contributed by atoms with Gasteiger partial charge in [-0.05, 0) is 35.2 Å². The lowest BCUT2D eigenvalue weighted by Gasteiger charge is -2.40. The highest BCUT2D eigenvalue weighted by Gasteiger charge is 2.39. The van der Waals surface area contributed by atoms with Crippen LogP contribution in [0, 0.1) is 0 Å². The van der Waals surface area contributed by atoms with Crippen molar-refractivity contribution in [2.45, 2.75) is 25.6 Å². The Bertz CT molecular complexity index is 972. The first-order valence-electron chi connectivity index (χ1n) is 9.85. The number of piperazine rings is 1. The van der Waals surface area contributed by atoms with Gasteiger partial charge < -0.3 is 4.90 Å². The van der Waals surface area contributed by atoms with Crippen LogP contribution in [-0.2, 0) is 34.3 Å². The lowest BCUT2D eigenvalue weighted by molar-refractivity contribution is -0.137. The Kier molecular flexibility index (Phi) is 5.67. The predicted molar refractivity (Wildman–Crippen MR) is 110 cm³/mol. The van der Waals surface area contributed by atoms with Crippen LogP contribution in [0.2, 0.25) is 0 Å². The van der Waals surface area contributed by atoms with Crippen molar-refractivity contribution in [1.29, 1.82) is 0 Å². The van der Waals surface area contributed by atoms with Crippen molar-refractivity contribution in [2.24, 2.45) is 0 Å². The number of rotatable bonds is 4. The first-order valence-corrected chi connectivity index (χ1v) is 11.7. The lowest BCUT2D eigenvalue weighted by Crippen LogP contribution is -2.57. The monoisotopic (exact) mass is 414 g/mol. The van der Waals surface area contributed by atoms with Crippen LogP contribution in [0.3, 0.4) is 0 Å². The molecule has 1 fully saturated rings. The van der Waals surface area contributed by atoms with Crippen molar-refractivity contribution in [3.05, 3.63) is 65.5 Å². The number of hydrogen-bond acceptors (Lipinski definition) is 5. The molecule has 29 heavy (non-hydrogen) atoms. The van der Waals surface area contributed by atoms with Crippen molar-refractivity contribution >= 4 is 15.9 Å². The molecule has 7 nitrogen and oxygen atoms in total. The van der Waals surface area contributed by atoms with E-state index in [-0.39, 0.29) is 12.5 Å². The summed E-state index contributed by atoms with van der Waals surface area (Å²) < 4.78 is 26.1. The zero-order valence-electron chi connectivity index (χ0n) is 16.6. The van der Waals surface area contributed by atoms with E-state index in [1.807, 2.05) is 41.3 Å². The maximum atomic E-state index is 13.3. The van der Waals surface area contributed by atoms with E-state index in [0.29, 0.717) is 19.5 Å². The molecular formula is C21H26N4O3S. The molecule has 1 aromatic carbocycles. The van der Waals surface area contributed by atoms with Gasteiger partial charge in [0.05, 0.1) is 6.26 Å². The standard InChI is InChI=1S/C21H26N4O3S/c1-29(27,28)25-16-19-5-3-2-4-18(19)14-20(25)21(26)24-12-10-23(11-13-24)15-17-6-8-22-9-7-17/h2-9,20H,10-16H2,1H3. The van der Waals surface area contributed by atoms with Gasteiger partial charge in [0, 0.05) is 51.7 Å². The molecule has 2 aliphatic heterocycles. The summed E-state index contributed by atoms with van der Waals surface area (Å²) in [4.78, 5) is 21.4. The Balaban J connectivity index is 1.44. The summed E-state index contributed by atoms with van der Waals surface area (Å²) in [5.74, 6) is -0.0894. The molecule has 0 bridgehead atoms. The van der Waals surface area contributed by atoms with Crippen LogP contribution in [0.1, 0.15) is 16.7 Å². The normalized spacial score (nSPS) is 21.0. The minimum Gasteiger partial charge on any atom is -0.339 e. The molecule has 1 atom stereocenters. The molecule has 1 saturated heterocycles. The van der Waals surface area contributed by atoms with Crippen molar-refractivity contribution in [3.8, 4) is 0 Å². The van der Waals surface area contributed by atoms with E-state index < -0.39 is 16.1 Å². The molecule has 0 N–H and O–H groups in total. The zero-order chi connectivity index (χ0) is 20.4. The van der Waals surface area contributed by atoms with E-state index in [2.05, 4.69) is 9.88 Å². The number of fused-ring (bicyclic) bond motifs is 1. The number of pyridine rings is 1. The van der Waals surface area contributed by atoms with Gasteiger partial charge in [-0.2, -0.15) is 4.31 Å².